The summed E-state index contributed by atoms with van der Waals surface area (Å²) in [5.74, 6) is 0.876. The molecule has 0 aliphatic carbocycles. The maximum Gasteiger partial charge on any atom is 0.122 e. The molecule has 0 aromatic heterocycles. The summed E-state index contributed by atoms with van der Waals surface area (Å²) >= 11 is 0. The van der Waals surface area contributed by atoms with Gasteiger partial charge in [0.2, 0.25) is 0 Å². The van der Waals surface area contributed by atoms with Crippen molar-refractivity contribution in [3.8, 4) is 5.75 Å². The lowest BCUT2D eigenvalue weighted by Crippen LogP contribution is -2.38. The van der Waals surface area contributed by atoms with Crippen LogP contribution in [-0.4, -0.2) is 67.0 Å². The summed E-state index contributed by atoms with van der Waals surface area (Å²) in [7, 11) is 0. The van der Waals surface area contributed by atoms with Gasteiger partial charge in [0.1, 0.15) is 18.5 Å². The van der Waals surface area contributed by atoms with Gasteiger partial charge < -0.3 is 14.6 Å². The average molecular weight is 411 g/mol. The summed E-state index contributed by atoms with van der Waals surface area (Å²) in [6, 6.07) is 12.9. The fourth-order valence-corrected chi connectivity index (χ4v) is 4.42. The number of hydrogen-bond donors (Lipinski definition) is 1. The van der Waals surface area contributed by atoms with Crippen LogP contribution in [0, 0.1) is 13.8 Å². The molecule has 0 spiro atoms. The molecule has 1 N–H and O–H groups in total. The molecular formula is C25H34N2O3. The molecule has 0 saturated carbocycles. The highest BCUT2D eigenvalue weighted by Crippen LogP contribution is 2.25. The van der Waals surface area contributed by atoms with Gasteiger partial charge in [0.15, 0.2) is 0 Å². The standard InChI is InChI=1S/C25H34N2O3/c1-19-14-25(20(2)13-23(19)16-26-9-11-29-12-10-26)30-18-24(28)17-27-8-7-21-5-3-4-6-22(21)15-27/h3-6,13-14,24,28H,7-12,15-18H2,1-2H3. The van der Waals surface area contributed by atoms with Gasteiger partial charge in [-0.25, -0.2) is 0 Å². The number of benzene rings is 2. The SMILES string of the molecule is Cc1cc(OCC(O)CN2CCc3ccccc3C2)c(C)cc1CN1CCOCC1. The van der Waals surface area contributed by atoms with Crippen molar-refractivity contribution in [2.45, 2.75) is 39.5 Å². The van der Waals surface area contributed by atoms with Gasteiger partial charge in [-0.1, -0.05) is 30.3 Å². The second-order valence-corrected chi connectivity index (χ2v) is 8.65. The first-order valence-electron chi connectivity index (χ1n) is 11.1. The van der Waals surface area contributed by atoms with E-state index >= 15 is 0 Å². The molecular weight excluding hydrogens is 376 g/mol. The topological polar surface area (TPSA) is 45.2 Å². The van der Waals surface area contributed by atoms with Crippen LogP contribution in [0.2, 0.25) is 0 Å². The van der Waals surface area contributed by atoms with Gasteiger partial charge in [-0.05, 0) is 54.2 Å². The molecule has 0 radical (unpaired) electrons. The molecule has 4 rings (SSSR count). The van der Waals surface area contributed by atoms with E-state index in [0.29, 0.717) is 13.2 Å². The van der Waals surface area contributed by atoms with Crippen molar-refractivity contribution in [2.75, 3.05) is 46.0 Å². The van der Waals surface area contributed by atoms with Crippen molar-refractivity contribution in [1.82, 2.24) is 9.80 Å². The zero-order valence-electron chi connectivity index (χ0n) is 18.3. The molecule has 2 aliphatic heterocycles. The van der Waals surface area contributed by atoms with Crippen LogP contribution in [0.1, 0.15) is 27.8 Å². The van der Waals surface area contributed by atoms with E-state index in [-0.39, 0.29) is 0 Å². The van der Waals surface area contributed by atoms with Gasteiger partial charge in [-0.2, -0.15) is 0 Å². The number of aliphatic hydroxyl groups excluding tert-OH is 1. The minimum atomic E-state index is -0.497. The van der Waals surface area contributed by atoms with Gasteiger partial charge in [0, 0.05) is 39.3 Å². The van der Waals surface area contributed by atoms with Crippen LogP contribution in [0.15, 0.2) is 36.4 Å². The van der Waals surface area contributed by atoms with E-state index < -0.39 is 6.10 Å². The van der Waals surface area contributed by atoms with Crippen LogP contribution >= 0.6 is 0 Å². The number of fused-ring (bicyclic) bond motifs is 1. The smallest absolute Gasteiger partial charge is 0.122 e. The van der Waals surface area contributed by atoms with Crippen LogP contribution in [-0.2, 0) is 24.2 Å². The fourth-order valence-electron chi connectivity index (χ4n) is 4.42. The summed E-state index contributed by atoms with van der Waals surface area (Å²) in [5, 5.41) is 10.6. The minimum absolute atomic E-state index is 0.321. The van der Waals surface area contributed by atoms with Crippen molar-refractivity contribution in [1.29, 1.82) is 0 Å². The monoisotopic (exact) mass is 410 g/mol. The molecule has 5 nitrogen and oxygen atoms in total. The zero-order chi connectivity index (χ0) is 20.9. The predicted molar refractivity (Wildman–Crippen MR) is 119 cm³/mol. The normalized spacial score (nSPS) is 18.8. The summed E-state index contributed by atoms with van der Waals surface area (Å²) in [4.78, 5) is 4.76. The van der Waals surface area contributed by atoms with Crippen molar-refractivity contribution >= 4 is 0 Å². The predicted octanol–water partition coefficient (Wildman–Crippen LogP) is 2.93. The van der Waals surface area contributed by atoms with Crippen molar-refractivity contribution in [3.05, 3.63) is 64.2 Å². The molecule has 30 heavy (non-hydrogen) atoms. The van der Waals surface area contributed by atoms with Gasteiger partial charge in [-0.3, -0.25) is 9.80 Å². The summed E-state index contributed by atoms with van der Waals surface area (Å²) in [6.45, 7) is 11.7. The zero-order valence-corrected chi connectivity index (χ0v) is 18.3. The van der Waals surface area contributed by atoms with Crippen LogP contribution in [0.25, 0.3) is 0 Å². The Balaban J connectivity index is 1.29. The van der Waals surface area contributed by atoms with Crippen LogP contribution in [0.5, 0.6) is 5.75 Å². The maximum atomic E-state index is 10.6. The van der Waals surface area contributed by atoms with E-state index in [4.69, 9.17) is 9.47 Å². The lowest BCUT2D eigenvalue weighted by atomic mass is 10.00. The lowest BCUT2D eigenvalue weighted by molar-refractivity contribution is 0.0341. The first-order valence-corrected chi connectivity index (χ1v) is 11.1. The molecule has 162 valence electrons. The molecule has 2 aromatic rings. The summed E-state index contributed by atoms with van der Waals surface area (Å²) < 4.78 is 11.5. The number of rotatable bonds is 7. The molecule has 1 saturated heterocycles. The van der Waals surface area contributed by atoms with Crippen molar-refractivity contribution in [3.63, 3.8) is 0 Å². The number of nitrogens with zero attached hydrogens (tertiary/aromatic N) is 2. The van der Waals surface area contributed by atoms with Crippen LogP contribution < -0.4 is 4.74 Å². The van der Waals surface area contributed by atoms with Crippen LogP contribution in [0.4, 0.5) is 0 Å². The molecule has 1 unspecified atom stereocenters. The third kappa shape index (κ3) is 5.41. The summed E-state index contributed by atoms with van der Waals surface area (Å²) in [6.07, 6.45) is 0.551. The van der Waals surface area contributed by atoms with Gasteiger partial charge >= 0.3 is 0 Å². The molecule has 2 aromatic carbocycles. The molecule has 2 heterocycles. The number of aryl methyl sites for hydroxylation is 2. The van der Waals surface area contributed by atoms with Gasteiger partial charge in [0.25, 0.3) is 0 Å². The van der Waals surface area contributed by atoms with E-state index in [0.717, 1.165) is 63.7 Å². The van der Waals surface area contributed by atoms with E-state index in [9.17, 15) is 5.11 Å². The van der Waals surface area contributed by atoms with Crippen molar-refractivity contribution in [2.24, 2.45) is 0 Å². The number of aliphatic hydroxyl groups is 1. The quantitative estimate of drug-likeness (QED) is 0.760. The molecule has 1 fully saturated rings. The Hall–Kier alpha value is -1.92. The molecule has 0 amide bonds. The highest BCUT2D eigenvalue weighted by atomic mass is 16.5. The first-order chi connectivity index (χ1) is 14.6. The Morgan fingerprint density at radius 1 is 1.00 bits per heavy atom. The second-order valence-electron chi connectivity index (χ2n) is 8.65. The summed E-state index contributed by atoms with van der Waals surface area (Å²) in [5.41, 5.74) is 6.52. The molecule has 0 bridgehead atoms. The Morgan fingerprint density at radius 3 is 2.57 bits per heavy atom. The first kappa shape index (κ1) is 21.3. The van der Waals surface area contributed by atoms with Crippen LogP contribution in [0.3, 0.4) is 0 Å². The van der Waals surface area contributed by atoms with E-state index in [2.05, 4.69) is 60.0 Å². The largest absolute Gasteiger partial charge is 0.491 e. The Bertz CT molecular complexity index is 848. The minimum Gasteiger partial charge on any atom is -0.491 e. The van der Waals surface area contributed by atoms with E-state index in [1.54, 1.807) is 0 Å². The third-order valence-corrected chi connectivity index (χ3v) is 6.24. The highest BCUT2D eigenvalue weighted by molar-refractivity contribution is 5.41. The highest BCUT2D eigenvalue weighted by Gasteiger charge is 2.19. The number of β-amino-alcohol motifs (C(OH)–C–C–N with tert-alkyl or cyclic N) is 1. The fraction of sp³-hybridized carbons (Fsp3) is 0.520. The maximum absolute atomic E-state index is 10.6. The van der Waals surface area contributed by atoms with E-state index in [1.807, 2.05) is 0 Å². The third-order valence-electron chi connectivity index (χ3n) is 6.24. The van der Waals surface area contributed by atoms with Gasteiger partial charge in [-0.15, -0.1) is 0 Å². The number of ether oxygens (including phenoxy) is 2. The molecule has 5 heteroatoms. The Morgan fingerprint density at radius 2 is 1.77 bits per heavy atom. The molecule has 2 aliphatic rings. The number of hydrogen-bond acceptors (Lipinski definition) is 5. The van der Waals surface area contributed by atoms with Gasteiger partial charge in [0.05, 0.1) is 13.2 Å². The van der Waals surface area contributed by atoms with E-state index in [1.165, 1.54) is 22.3 Å². The molecule has 1 atom stereocenters. The average Bonchev–Trinajstić information content (AvgIpc) is 2.76. The Kier molecular flexibility index (Phi) is 7.05. The number of morpholine rings is 1. The second kappa shape index (κ2) is 9.92. The Labute approximate surface area is 180 Å². The van der Waals surface area contributed by atoms with Crippen molar-refractivity contribution < 1.29 is 14.6 Å². The lowest BCUT2D eigenvalue weighted by Gasteiger charge is -2.30.